The second kappa shape index (κ2) is 4.20. The van der Waals surface area contributed by atoms with Gasteiger partial charge in [-0.25, -0.2) is 4.52 Å². The highest BCUT2D eigenvalue weighted by molar-refractivity contribution is 5.44. The number of anilines is 1. The Balaban J connectivity index is 1.60. The molecule has 1 unspecified atom stereocenters. The molecule has 5 heterocycles. The highest BCUT2D eigenvalue weighted by atomic mass is 15.4. The molecule has 3 aliphatic heterocycles. The molecule has 5 nitrogen and oxygen atoms in total. The predicted molar refractivity (Wildman–Crippen MR) is 74.3 cm³/mol. The van der Waals surface area contributed by atoms with Gasteiger partial charge >= 0.3 is 0 Å². The summed E-state index contributed by atoms with van der Waals surface area (Å²) in [6, 6.07) is 6.60. The van der Waals surface area contributed by atoms with Crippen LogP contribution in [-0.4, -0.2) is 45.2 Å². The van der Waals surface area contributed by atoms with Crippen LogP contribution in [0.25, 0.3) is 5.65 Å². The number of pyridine rings is 1. The number of hydrogen-bond acceptors (Lipinski definition) is 4. The summed E-state index contributed by atoms with van der Waals surface area (Å²) in [5.74, 6) is 1.56. The van der Waals surface area contributed by atoms with E-state index in [4.69, 9.17) is 0 Å². The number of rotatable bonds is 2. The number of aromatic nitrogens is 3. The van der Waals surface area contributed by atoms with Crippen molar-refractivity contribution < 1.29 is 0 Å². The van der Waals surface area contributed by atoms with Crippen LogP contribution >= 0.6 is 0 Å². The third kappa shape index (κ3) is 1.89. The number of hydrogen-bond donors (Lipinski definition) is 1. The van der Waals surface area contributed by atoms with Gasteiger partial charge in [0.15, 0.2) is 5.65 Å². The molecule has 0 spiro atoms. The Morgan fingerprint density at radius 3 is 2.79 bits per heavy atom. The van der Waals surface area contributed by atoms with Gasteiger partial charge in [0, 0.05) is 18.3 Å². The number of aryl methyl sites for hydroxylation is 1. The van der Waals surface area contributed by atoms with E-state index in [2.05, 4.69) is 33.3 Å². The molecule has 3 aliphatic rings. The van der Waals surface area contributed by atoms with Crippen LogP contribution in [-0.2, 0) is 0 Å². The normalized spacial score (nSPS) is 29.8. The van der Waals surface area contributed by atoms with Crippen molar-refractivity contribution >= 4 is 11.6 Å². The van der Waals surface area contributed by atoms with Gasteiger partial charge in [0.2, 0.25) is 5.95 Å². The van der Waals surface area contributed by atoms with Crippen molar-refractivity contribution in [2.24, 2.45) is 5.92 Å². The Morgan fingerprint density at radius 1 is 1.26 bits per heavy atom. The van der Waals surface area contributed by atoms with Crippen LogP contribution in [0.2, 0.25) is 0 Å². The van der Waals surface area contributed by atoms with Gasteiger partial charge in [-0.05, 0) is 50.9 Å². The van der Waals surface area contributed by atoms with E-state index < -0.39 is 0 Å². The van der Waals surface area contributed by atoms with Gasteiger partial charge in [0.05, 0.1) is 0 Å². The Morgan fingerprint density at radius 2 is 2.11 bits per heavy atom. The molecule has 0 saturated carbocycles. The lowest BCUT2D eigenvalue weighted by molar-refractivity contribution is 0.0972. The maximum atomic E-state index is 4.57. The average molecular weight is 257 g/mol. The molecular formula is C14H19N5. The molecule has 0 aromatic carbocycles. The van der Waals surface area contributed by atoms with E-state index in [9.17, 15) is 0 Å². The summed E-state index contributed by atoms with van der Waals surface area (Å²) >= 11 is 0. The Bertz CT molecular complexity index is 597. The molecule has 2 aromatic rings. The molecular weight excluding hydrogens is 238 g/mol. The van der Waals surface area contributed by atoms with Crippen LogP contribution in [0.1, 0.15) is 18.5 Å². The second-order valence-electron chi connectivity index (χ2n) is 5.76. The Hall–Kier alpha value is -1.62. The molecule has 3 fully saturated rings. The van der Waals surface area contributed by atoms with Crippen molar-refractivity contribution in [3.63, 3.8) is 0 Å². The molecule has 5 heteroatoms. The van der Waals surface area contributed by atoms with Crippen LogP contribution in [0.4, 0.5) is 5.95 Å². The first-order valence-electron chi connectivity index (χ1n) is 7.11. The van der Waals surface area contributed by atoms with E-state index in [1.54, 1.807) is 0 Å². The molecule has 1 N–H and O–H groups in total. The second-order valence-corrected chi connectivity index (χ2v) is 5.76. The fraction of sp³-hybridized carbons (Fsp3) is 0.571. The van der Waals surface area contributed by atoms with Gasteiger partial charge in [-0.2, -0.15) is 4.98 Å². The lowest BCUT2D eigenvalue weighted by Crippen LogP contribution is -2.53. The molecule has 2 bridgehead atoms. The third-order valence-electron chi connectivity index (χ3n) is 4.52. The fourth-order valence-electron chi connectivity index (χ4n) is 3.39. The van der Waals surface area contributed by atoms with Crippen molar-refractivity contribution in [2.75, 3.05) is 25.0 Å². The van der Waals surface area contributed by atoms with Crippen LogP contribution in [0, 0.1) is 12.8 Å². The van der Waals surface area contributed by atoms with E-state index in [-0.39, 0.29) is 0 Å². The van der Waals surface area contributed by atoms with Crippen molar-refractivity contribution in [2.45, 2.75) is 25.8 Å². The lowest BCUT2D eigenvalue weighted by atomic mass is 9.84. The zero-order valence-corrected chi connectivity index (χ0v) is 11.2. The van der Waals surface area contributed by atoms with E-state index in [1.807, 2.05) is 16.6 Å². The molecule has 0 aliphatic carbocycles. The zero-order chi connectivity index (χ0) is 12.8. The van der Waals surface area contributed by atoms with Crippen LogP contribution in [0.3, 0.4) is 0 Å². The minimum absolute atomic E-state index is 0.514. The number of nitrogens with one attached hydrogen (secondary N) is 1. The first-order valence-corrected chi connectivity index (χ1v) is 7.11. The molecule has 5 rings (SSSR count). The maximum Gasteiger partial charge on any atom is 0.243 e. The largest absolute Gasteiger partial charge is 0.349 e. The fourth-order valence-corrected chi connectivity index (χ4v) is 3.39. The van der Waals surface area contributed by atoms with Gasteiger partial charge < -0.3 is 10.2 Å². The average Bonchev–Trinajstić information content (AvgIpc) is 2.84. The minimum atomic E-state index is 0.514. The predicted octanol–water partition coefficient (Wildman–Crippen LogP) is 1.54. The number of piperidine rings is 3. The molecule has 1 atom stereocenters. The summed E-state index contributed by atoms with van der Waals surface area (Å²) < 4.78 is 1.91. The van der Waals surface area contributed by atoms with Gasteiger partial charge in [0.1, 0.15) is 0 Å². The van der Waals surface area contributed by atoms with Crippen molar-refractivity contribution in [1.29, 1.82) is 0 Å². The Labute approximate surface area is 112 Å². The SMILES string of the molecule is Cc1cccc2nc(NC3CN4CCC3CC4)nn12. The molecule has 0 radical (unpaired) electrons. The molecule has 3 saturated heterocycles. The smallest absolute Gasteiger partial charge is 0.243 e. The summed E-state index contributed by atoms with van der Waals surface area (Å²) in [7, 11) is 0. The van der Waals surface area contributed by atoms with E-state index in [0.29, 0.717) is 6.04 Å². The van der Waals surface area contributed by atoms with Crippen LogP contribution in [0.5, 0.6) is 0 Å². The molecule has 100 valence electrons. The van der Waals surface area contributed by atoms with Crippen LogP contribution in [0.15, 0.2) is 18.2 Å². The maximum absolute atomic E-state index is 4.57. The van der Waals surface area contributed by atoms with Crippen molar-refractivity contribution in [1.82, 2.24) is 19.5 Å². The topological polar surface area (TPSA) is 45.5 Å². The zero-order valence-electron chi connectivity index (χ0n) is 11.2. The van der Waals surface area contributed by atoms with Gasteiger partial charge in [-0.1, -0.05) is 6.07 Å². The third-order valence-corrected chi connectivity index (χ3v) is 4.52. The van der Waals surface area contributed by atoms with E-state index in [1.165, 1.54) is 25.9 Å². The first-order chi connectivity index (χ1) is 9.29. The quantitative estimate of drug-likeness (QED) is 0.886. The highest BCUT2D eigenvalue weighted by Crippen LogP contribution is 2.29. The summed E-state index contributed by atoms with van der Waals surface area (Å²) in [4.78, 5) is 7.11. The van der Waals surface area contributed by atoms with Crippen molar-refractivity contribution in [3.05, 3.63) is 23.9 Å². The monoisotopic (exact) mass is 257 g/mol. The molecule has 2 aromatic heterocycles. The first kappa shape index (κ1) is 11.2. The summed E-state index contributed by atoms with van der Waals surface area (Å²) in [5.41, 5.74) is 2.04. The lowest BCUT2D eigenvalue weighted by Gasteiger charge is -2.44. The highest BCUT2D eigenvalue weighted by Gasteiger charge is 2.34. The van der Waals surface area contributed by atoms with Gasteiger partial charge in [0.25, 0.3) is 0 Å². The van der Waals surface area contributed by atoms with Gasteiger partial charge in [-0.15, -0.1) is 5.10 Å². The minimum Gasteiger partial charge on any atom is -0.349 e. The number of fused-ring (bicyclic) bond motifs is 4. The van der Waals surface area contributed by atoms with Gasteiger partial charge in [-0.3, -0.25) is 0 Å². The number of nitrogens with zero attached hydrogens (tertiary/aromatic N) is 4. The standard InChI is InChI=1S/C14H19N5/c1-10-3-2-4-13-16-14(17-19(10)13)15-12-9-18-7-5-11(12)6-8-18/h2-4,11-12H,5-9H2,1H3,(H,15,17). The summed E-state index contributed by atoms with van der Waals surface area (Å²) in [6.07, 6.45) is 2.62. The summed E-state index contributed by atoms with van der Waals surface area (Å²) in [5, 5.41) is 8.11. The van der Waals surface area contributed by atoms with Crippen LogP contribution < -0.4 is 5.32 Å². The summed E-state index contributed by atoms with van der Waals surface area (Å²) in [6.45, 7) is 5.72. The van der Waals surface area contributed by atoms with E-state index >= 15 is 0 Å². The Kier molecular flexibility index (Phi) is 2.48. The van der Waals surface area contributed by atoms with E-state index in [0.717, 1.165) is 29.8 Å². The van der Waals surface area contributed by atoms with Crippen molar-refractivity contribution in [3.8, 4) is 0 Å². The molecule has 19 heavy (non-hydrogen) atoms. The molecule has 0 amide bonds.